The van der Waals surface area contributed by atoms with Crippen molar-refractivity contribution in [3.63, 3.8) is 0 Å². The monoisotopic (exact) mass is 280 g/mol. The molecule has 2 aromatic rings. The molecule has 0 aliphatic heterocycles. The van der Waals surface area contributed by atoms with E-state index in [1.807, 2.05) is 14.0 Å². The van der Waals surface area contributed by atoms with Crippen LogP contribution in [-0.4, -0.2) is 21.7 Å². The van der Waals surface area contributed by atoms with E-state index in [1.165, 1.54) is 11.3 Å². The van der Waals surface area contributed by atoms with E-state index in [9.17, 15) is 4.79 Å². The molecule has 3 N–H and O–H groups in total. The van der Waals surface area contributed by atoms with Crippen LogP contribution in [0.2, 0.25) is 0 Å². The number of carbonyl (C=O) groups is 1. The topological polar surface area (TPSA) is 72.9 Å². The summed E-state index contributed by atoms with van der Waals surface area (Å²) < 4.78 is 1.78. The Bertz CT molecular complexity index is 610. The van der Waals surface area contributed by atoms with Crippen molar-refractivity contribution in [2.24, 2.45) is 7.05 Å². The molecule has 0 radical (unpaired) electrons. The zero-order chi connectivity index (χ0) is 14.2. The predicted octanol–water partition coefficient (Wildman–Crippen LogP) is 2.44. The van der Waals surface area contributed by atoms with Crippen molar-refractivity contribution in [3.05, 3.63) is 10.6 Å². The van der Waals surface area contributed by atoms with E-state index in [4.69, 9.17) is 5.73 Å². The highest BCUT2D eigenvalue weighted by atomic mass is 32.1. The molecule has 2 rings (SSSR count). The number of anilines is 1. The van der Waals surface area contributed by atoms with Gasteiger partial charge in [-0.3, -0.25) is 9.48 Å². The second-order valence-corrected chi connectivity index (χ2v) is 5.72. The van der Waals surface area contributed by atoms with Crippen molar-refractivity contribution in [1.82, 2.24) is 15.1 Å². The molecule has 1 amide bonds. The van der Waals surface area contributed by atoms with Crippen LogP contribution >= 0.6 is 11.3 Å². The highest BCUT2D eigenvalue weighted by Gasteiger charge is 2.21. The first-order valence-corrected chi connectivity index (χ1v) is 7.33. The Morgan fingerprint density at radius 1 is 1.47 bits per heavy atom. The third-order valence-corrected chi connectivity index (χ3v) is 4.68. The molecule has 2 aromatic heterocycles. The number of nitrogens with two attached hydrogens (primary N) is 1. The summed E-state index contributed by atoms with van der Waals surface area (Å²) >= 11 is 1.41. The Morgan fingerprint density at radius 2 is 2.11 bits per heavy atom. The SMILES string of the molecule is CCC(CC)NC(=O)c1sc2c(c(C)nn2C)c1N. The van der Waals surface area contributed by atoms with E-state index in [1.54, 1.807) is 4.68 Å². The van der Waals surface area contributed by atoms with Crippen molar-refractivity contribution in [2.75, 3.05) is 5.73 Å². The predicted molar refractivity (Wildman–Crippen MR) is 79.6 cm³/mol. The van der Waals surface area contributed by atoms with E-state index in [2.05, 4.69) is 24.3 Å². The van der Waals surface area contributed by atoms with Crippen LogP contribution < -0.4 is 11.1 Å². The van der Waals surface area contributed by atoms with E-state index in [0.717, 1.165) is 28.8 Å². The minimum absolute atomic E-state index is 0.0770. The highest BCUT2D eigenvalue weighted by Crippen LogP contribution is 2.35. The van der Waals surface area contributed by atoms with Gasteiger partial charge in [-0.15, -0.1) is 11.3 Å². The molecule has 0 saturated heterocycles. The molecule has 6 heteroatoms. The summed E-state index contributed by atoms with van der Waals surface area (Å²) in [5, 5.41) is 8.25. The number of nitrogens with zero attached hydrogens (tertiary/aromatic N) is 2. The molecule has 0 bridgehead atoms. The molecule has 0 saturated carbocycles. The summed E-state index contributed by atoms with van der Waals surface area (Å²) in [4.78, 5) is 13.8. The lowest BCUT2D eigenvalue weighted by atomic mass is 10.1. The van der Waals surface area contributed by atoms with Crippen LogP contribution in [0, 0.1) is 6.92 Å². The van der Waals surface area contributed by atoms with Crippen molar-refractivity contribution >= 4 is 33.1 Å². The average molecular weight is 280 g/mol. The number of nitrogens with one attached hydrogen (secondary N) is 1. The molecule has 0 spiro atoms. The molecule has 104 valence electrons. The number of carbonyl (C=O) groups excluding carboxylic acids is 1. The largest absolute Gasteiger partial charge is 0.397 e. The second-order valence-electron chi connectivity index (χ2n) is 4.72. The summed E-state index contributed by atoms with van der Waals surface area (Å²) in [6, 6.07) is 0.205. The molecule has 0 aliphatic carbocycles. The summed E-state index contributed by atoms with van der Waals surface area (Å²) in [6.45, 7) is 6.04. The average Bonchev–Trinajstić information content (AvgIpc) is 2.86. The van der Waals surface area contributed by atoms with Crippen molar-refractivity contribution < 1.29 is 4.79 Å². The lowest BCUT2D eigenvalue weighted by Gasteiger charge is -2.14. The molecule has 0 aromatic carbocycles. The normalized spacial score (nSPS) is 11.4. The first kappa shape index (κ1) is 13.9. The molecule has 0 fully saturated rings. The van der Waals surface area contributed by atoms with Gasteiger partial charge in [-0.25, -0.2) is 0 Å². The number of rotatable bonds is 4. The number of aromatic nitrogens is 2. The zero-order valence-electron chi connectivity index (χ0n) is 11.8. The van der Waals surface area contributed by atoms with Crippen LogP contribution in [0.25, 0.3) is 10.2 Å². The maximum Gasteiger partial charge on any atom is 0.263 e. The Kier molecular flexibility index (Phi) is 3.80. The minimum atomic E-state index is -0.0770. The summed E-state index contributed by atoms with van der Waals surface area (Å²) in [6.07, 6.45) is 1.85. The third kappa shape index (κ3) is 2.32. The van der Waals surface area contributed by atoms with Gasteiger partial charge >= 0.3 is 0 Å². The standard InChI is InChI=1S/C13H20N4OS/c1-5-8(6-2)15-12(18)11-10(14)9-7(3)16-17(4)13(9)19-11/h8H,5-6,14H2,1-4H3,(H,15,18). The quantitative estimate of drug-likeness (QED) is 0.903. The molecule has 2 heterocycles. The van der Waals surface area contributed by atoms with Gasteiger partial charge in [-0.2, -0.15) is 5.10 Å². The number of amides is 1. The van der Waals surface area contributed by atoms with Gasteiger partial charge in [0, 0.05) is 13.1 Å². The first-order valence-electron chi connectivity index (χ1n) is 6.51. The van der Waals surface area contributed by atoms with Crippen molar-refractivity contribution in [3.8, 4) is 0 Å². The fraction of sp³-hybridized carbons (Fsp3) is 0.538. The fourth-order valence-corrected chi connectivity index (χ4v) is 3.33. The number of hydrogen-bond donors (Lipinski definition) is 2. The minimum Gasteiger partial charge on any atom is -0.397 e. The van der Waals surface area contributed by atoms with Gasteiger partial charge in [0.1, 0.15) is 9.71 Å². The van der Waals surface area contributed by atoms with Gasteiger partial charge in [-0.05, 0) is 19.8 Å². The van der Waals surface area contributed by atoms with Crippen LogP contribution in [-0.2, 0) is 7.05 Å². The Morgan fingerprint density at radius 3 is 2.63 bits per heavy atom. The molecule has 5 nitrogen and oxygen atoms in total. The maximum absolute atomic E-state index is 12.3. The molecule has 0 aliphatic rings. The number of thiophene rings is 1. The lowest BCUT2D eigenvalue weighted by molar-refractivity contribution is 0.0940. The molecule has 0 atom stereocenters. The van der Waals surface area contributed by atoms with E-state index in [-0.39, 0.29) is 11.9 Å². The molecule has 0 unspecified atom stereocenters. The summed E-state index contributed by atoms with van der Waals surface area (Å²) in [5.41, 5.74) is 7.53. The third-order valence-electron chi connectivity index (χ3n) is 3.41. The zero-order valence-corrected chi connectivity index (χ0v) is 12.6. The smallest absolute Gasteiger partial charge is 0.263 e. The van der Waals surface area contributed by atoms with Crippen LogP contribution in [0.3, 0.4) is 0 Å². The number of fused-ring (bicyclic) bond motifs is 1. The second kappa shape index (κ2) is 5.21. The van der Waals surface area contributed by atoms with E-state index >= 15 is 0 Å². The van der Waals surface area contributed by atoms with Crippen LogP contribution in [0.5, 0.6) is 0 Å². The number of nitrogen functional groups attached to an aromatic ring is 1. The van der Waals surface area contributed by atoms with Crippen molar-refractivity contribution in [1.29, 1.82) is 0 Å². The lowest BCUT2D eigenvalue weighted by Crippen LogP contribution is -2.33. The fourth-order valence-electron chi connectivity index (χ4n) is 2.24. The van der Waals surface area contributed by atoms with Gasteiger partial charge < -0.3 is 11.1 Å². The Labute approximate surface area is 116 Å². The van der Waals surface area contributed by atoms with Crippen LogP contribution in [0.4, 0.5) is 5.69 Å². The highest BCUT2D eigenvalue weighted by molar-refractivity contribution is 7.21. The summed E-state index contributed by atoms with van der Waals surface area (Å²) in [5.74, 6) is -0.0770. The number of aryl methyl sites for hydroxylation is 2. The number of hydrogen-bond acceptors (Lipinski definition) is 4. The first-order chi connectivity index (χ1) is 8.99. The van der Waals surface area contributed by atoms with E-state index < -0.39 is 0 Å². The van der Waals surface area contributed by atoms with Crippen LogP contribution in [0.1, 0.15) is 42.1 Å². The summed E-state index contributed by atoms with van der Waals surface area (Å²) in [7, 11) is 1.87. The van der Waals surface area contributed by atoms with Crippen molar-refractivity contribution in [2.45, 2.75) is 39.7 Å². The van der Waals surface area contributed by atoms with Gasteiger partial charge in [0.15, 0.2) is 0 Å². The van der Waals surface area contributed by atoms with Crippen LogP contribution in [0.15, 0.2) is 0 Å². The van der Waals surface area contributed by atoms with Gasteiger partial charge in [0.2, 0.25) is 0 Å². The Hall–Kier alpha value is -1.56. The Balaban J connectivity index is 2.38. The maximum atomic E-state index is 12.3. The van der Waals surface area contributed by atoms with Gasteiger partial charge in [0.25, 0.3) is 5.91 Å². The van der Waals surface area contributed by atoms with E-state index in [0.29, 0.717) is 10.6 Å². The van der Waals surface area contributed by atoms with Gasteiger partial charge in [0.05, 0.1) is 16.8 Å². The molecule has 19 heavy (non-hydrogen) atoms. The van der Waals surface area contributed by atoms with Gasteiger partial charge in [-0.1, -0.05) is 13.8 Å². The molecular formula is C13H20N4OS. The molecular weight excluding hydrogens is 260 g/mol.